The molecule has 1 aromatic heterocycles. The molecule has 0 atom stereocenters. The van der Waals surface area contributed by atoms with Crippen molar-refractivity contribution in [2.45, 2.75) is 20.8 Å². The van der Waals surface area contributed by atoms with Crippen LogP contribution < -0.4 is 0 Å². The Morgan fingerprint density at radius 3 is 2.21 bits per heavy atom. The van der Waals surface area contributed by atoms with E-state index in [1.165, 1.54) is 6.26 Å². The van der Waals surface area contributed by atoms with Crippen LogP contribution in [0.2, 0.25) is 0 Å². The highest BCUT2D eigenvalue weighted by molar-refractivity contribution is 5.95. The topological polar surface area (TPSA) is 53.8 Å². The summed E-state index contributed by atoms with van der Waals surface area (Å²) in [5.41, 5.74) is 0.614. The van der Waals surface area contributed by atoms with Crippen molar-refractivity contribution in [2.75, 3.05) is 26.2 Å². The van der Waals surface area contributed by atoms with Crippen LogP contribution in [0.1, 0.15) is 30.0 Å². The van der Waals surface area contributed by atoms with Crippen LogP contribution in [-0.4, -0.2) is 47.8 Å². The first-order valence-electron chi connectivity index (χ1n) is 6.63. The molecule has 5 nitrogen and oxygen atoms in total. The van der Waals surface area contributed by atoms with Gasteiger partial charge in [0.25, 0.3) is 5.91 Å². The van der Waals surface area contributed by atoms with E-state index in [9.17, 15) is 9.59 Å². The van der Waals surface area contributed by atoms with Gasteiger partial charge in [0.2, 0.25) is 5.91 Å². The molecule has 2 amide bonds. The van der Waals surface area contributed by atoms with Crippen molar-refractivity contribution in [1.82, 2.24) is 9.80 Å². The Labute approximate surface area is 113 Å². The predicted molar refractivity (Wildman–Crippen MR) is 70.8 cm³/mol. The lowest BCUT2D eigenvalue weighted by molar-refractivity contribution is -0.135. The van der Waals surface area contributed by atoms with E-state index < -0.39 is 0 Å². The molecule has 19 heavy (non-hydrogen) atoms. The minimum Gasteiger partial charge on any atom is -0.469 e. The van der Waals surface area contributed by atoms with Crippen LogP contribution in [0.3, 0.4) is 0 Å². The van der Waals surface area contributed by atoms with Gasteiger partial charge < -0.3 is 14.2 Å². The minimum absolute atomic E-state index is 0.0112. The molecule has 1 fully saturated rings. The van der Waals surface area contributed by atoms with Gasteiger partial charge in [0, 0.05) is 32.1 Å². The Bertz CT molecular complexity index is 471. The highest BCUT2D eigenvalue weighted by atomic mass is 16.3. The first-order valence-corrected chi connectivity index (χ1v) is 6.63. The zero-order valence-corrected chi connectivity index (χ0v) is 11.7. The molecule has 0 saturated carbocycles. The average molecular weight is 264 g/mol. The summed E-state index contributed by atoms with van der Waals surface area (Å²) >= 11 is 0. The van der Waals surface area contributed by atoms with E-state index in [0.29, 0.717) is 37.5 Å². The molecule has 0 aromatic carbocycles. The van der Waals surface area contributed by atoms with Gasteiger partial charge in [-0.25, -0.2) is 0 Å². The van der Waals surface area contributed by atoms with E-state index in [4.69, 9.17) is 4.42 Å². The van der Waals surface area contributed by atoms with Gasteiger partial charge in [-0.2, -0.15) is 0 Å². The molecule has 0 bridgehead atoms. The van der Waals surface area contributed by atoms with Crippen molar-refractivity contribution < 1.29 is 14.0 Å². The molecule has 1 saturated heterocycles. The number of aryl methyl sites for hydroxylation is 1. The number of furan rings is 1. The Morgan fingerprint density at radius 2 is 1.74 bits per heavy atom. The third-order valence-corrected chi connectivity index (χ3v) is 3.46. The number of hydrogen-bond acceptors (Lipinski definition) is 3. The zero-order valence-electron chi connectivity index (χ0n) is 11.7. The van der Waals surface area contributed by atoms with Gasteiger partial charge in [-0.15, -0.1) is 0 Å². The molecule has 1 aliphatic heterocycles. The summed E-state index contributed by atoms with van der Waals surface area (Å²) in [4.78, 5) is 27.7. The van der Waals surface area contributed by atoms with Gasteiger partial charge in [-0.05, 0) is 13.0 Å². The van der Waals surface area contributed by atoms with Gasteiger partial charge in [-0.3, -0.25) is 9.59 Å². The maximum absolute atomic E-state index is 12.3. The van der Waals surface area contributed by atoms with Crippen LogP contribution in [0.15, 0.2) is 16.7 Å². The van der Waals surface area contributed by atoms with Gasteiger partial charge in [-0.1, -0.05) is 13.8 Å². The molecular weight excluding hydrogens is 244 g/mol. The van der Waals surface area contributed by atoms with E-state index in [-0.39, 0.29) is 17.7 Å². The van der Waals surface area contributed by atoms with E-state index >= 15 is 0 Å². The fraction of sp³-hybridized carbons (Fsp3) is 0.571. The summed E-state index contributed by atoms with van der Waals surface area (Å²) in [6, 6.07) is 1.70. The number of piperazine rings is 1. The summed E-state index contributed by atoms with van der Waals surface area (Å²) in [6.07, 6.45) is 1.53. The highest BCUT2D eigenvalue weighted by Crippen LogP contribution is 2.14. The molecule has 1 aromatic rings. The Morgan fingerprint density at radius 1 is 1.16 bits per heavy atom. The molecule has 0 N–H and O–H groups in total. The standard InChI is InChI=1S/C14H20N2O3/c1-10(2)13(17)15-5-7-16(8-6-15)14(18)12-4-9-19-11(12)3/h4,9-10H,5-8H2,1-3H3. The van der Waals surface area contributed by atoms with Crippen molar-refractivity contribution in [3.05, 3.63) is 23.7 Å². The maximum Gasteiger partial charge on any atom is 0.257 e. The Kier molecular flexibility index (Phi) is 3.93. The molecular formula is C14H20N2O3. The summed E-state index contributed by atoms with van der Waals surface area (Å²) in [5, 5.41) is 0. The van der Waals surface area contributed by atoms with Gasteiger partial charge in [0.15, 0.2) is 0 Å². The fourth-order valence-electron chi connectivity index (χ4n) is 2.27. The number of nitrogens with zero attached hydrogens (tertiary/aromatic N) is 2. The summed E-state index contributed by atoms with van der Waals surface area (Å²) < 4.78 is 5.16. The number of hydrogen-bond donors (Lipinski definition) is 0. The fourth-order valence-corrected chi connectivity index (χ4v) is 2.27. The second-order valence-corrected chi connectivity index (χ2v) is 5.16. The lowest BCUT2D eigenvalue weighted by Crippen LogP contribution is -2.51. The average Bonchev–Trinajstić information content (AvgIpc) is 2.83. The molecule has 5 heteroatoms. The van der Waals surface area contributed by atoms with Gasteiger partial charge in [0.05, 0.1) is 11.8 Å². The number of rotatable bonds is 2. The molecule has 0 unspecified atom stereocenters. The molecule has 1 aliphatic rings. The van der Waals surface area contributed by atoms with Crippen molar-refractivity contribution in [3.8, 4) is 0 Å². The first kappa shape index (κ1) is 13.6. The third-order valence-electron chi connectivity index (χ3n) is 3.46. The maximum atomic E-state index is 12.3. The predicted octanol–water partition coefficient (Wildman–Crippen LogP) is 1.53. The van der Waals surface area contributed by atoms with Crippen molar-refractivity contribution >= 4 is 11.8 Å². The Balaban J connectivity index is 1.95. The van der Waals surface area contributed by atoms with Crippen molar-refractivity contribution in [1.29, 1.82) is 0 Å². The highest BCUT2D eigenvalue weighted by Gasteiger charge is 2.27. The Hall–Kier alpha value is -1.78. The minimum atomic E-state index is -0.0112. The molecule has 2 heterocycles. The third kappa shape index (κ3) is 2.80. The molecule has 0 radical (unpaired) electrons. The van der Waals surface area contributed by atoms with Crippen LogP contribution in [0.4, 0.5) is 0 Å². The molecule has 104 valence electrons. The van der Waals surface area contributed by atoms with Gasteiger partial charge in [0.1, 0.15) is 5.76 Å². The van der Waals surface area contributed by atoms with Gasteiger partial charge >= 0.3 is 0 Å². The normalized spacial score (nSPS) is 16.0. The molecule has 0 aliphatic carbocycles. The van der Waals surface area contributed by atoms with E-state index in [2.05, 4.69) is 0 Å². The quantitative estimate of drug-likeness (QED) is 0.814. The molecule has 2 rings (SSSR count). The van der Waals surface area contributed by atoms with E-state index in [1.807, 2.05) is 18.7 Å². The SMILES string of the molecule is Cc1occc1C(=O)N1CCN(C(=O)C(C)C)CC1. The number of amides is 2. The van der Waals surface area contributed by atoms with E-state index in [0.717, 1.165) is 0 Å². The van der Waals surface area contributed by atoms with Crippen molar-refractivity contribution in [3.63, 3.8) is 0 Å². The number of carbonyl (C=O) groups excluding carboxylic acids is 2. The van der Waals surface area contributed by atoms with Crippen molar-refractivity contribution in [2.24, 2.45) is 5.92 Å². The van der Waals surface area contributed by atoms with Crippen LogP contribution in [0, 0.1) is 12.8 Å². The number of carbonyl (C=O) groups is 2. The van der Waals surface area contributed by atoms with Crippen LogP contribution in [-0.2, 0) is 4.79 Å². The van der Waals surface area contributed by atoms with Crippen LogP contribution >= 0.6 is 0 Å². The summed E-state index contributed by atoms with van der Waals surface area (Å²) in [7, 11) is 0. The smallest absolute Gasteiger partial charge is 0.257 e. The lowest BCUT2D eigenvalue weighted by Gasteiger charge is -2.35. The van der Waals surface area contributed by atoms with Crippen LogP contribution in [0.25, 0.3) is 0 Å². The first-order chi connectivity index (χ1) is 9.00. The second kappa shape index (κ2) is 5.47. The van der Waals surface area contributed by atoms with E-state index in [1.54, 1.807) is 17.9 Å². The largest absolute Gasteiger partial charge is 0.469 e. The second-order valence-electron chi connectivity index (χ2n) is 5.16. The molecule has 0 spiro atoms. The zero-order chi connectivity index (χ0) is 14.0. The summed E-state index contributed by atoms with van der Waals surface area (Å²) in [6.45, 7) is 7.97. The summed E-state index contributed by atoms with van der Waals surface area (Å²) in [5.74, 6) is 0.804. The van der Waals surface area contributed by atoms with Crippen LogP contribution in [0.5, 0.6) is 0 Å². The monoisotopic (exact) mass is 264 g/mol. The lowest BCUT2D eigenvalue weighted by atomic mass is 10.1.